The van der Waals surface area contributed by atoms with Gasteiger partial charge >= 0.3 is 0 Å². The van der Waals surface area contributed by atoms with Crippen molar-refractivity contribution >= 4 is 0 Å². The molecule has 0 unspecified atom stereocenters. The third kappa shape index (κ3) is 2.89. The van der Waals surface area contributed by atoms with Gasteiger partial charge in [0, 0.05) is 11.6 Å². The molecule has 0 amide bonds. The molecule has 3 nitrogen and oxygen atoms in total. The first-order valence-electron chi connectivity index (χ1n) is 6.41. The molecule has 0 saturated heterocycles. The smallest absolute Gasteiger partial charge is 0.166 e. The van der Waals surface area contributed by atoms with Gasteiger partial charge in [0.2, 0.25) is 0 Å². The van der Waals surface area contributed by atoms with Gasteiger partial charge in [0.05, 0.1) is 13.4 Å². The second-order valence-corrected chi connectivity index (χ2v) is 4.40. The van der Waals surface area contributed by atoms with Crippen LogP contribution in [0.3, 0.4) is 0 Å². The lowest BCUT2D eigenvalue weighted by atomic mass is 10.1. The van der Waals surface area contributed by atoms with Crippen molar-refractivity contribution < 1.29 is 18.3 Å². The summed E-state index contributed by atoms with van der Waals surface area (Å²) in [5.41, 5.74) is 0.662. The molecule has 21 heavy (non-hydrogen) atoms. The normalized spacial score (nSPS) is 10.4. The van der Waals surface area contributed by atoms with Gasteiger partial charge in [-0.15, -0.1) is 0 Å². The zero-order chi connectivity index (χ0) is 14.7. The first-order chi connectivity index (χ1) is 10.3. The maximum atomic E-state index is 14.1. The molecule has 2 aromatic carbocycles. The Morgan fingerprint density at radius 3 is 2.52 bits per heavy atom. The standard InChI is InChI=1S/C17H13FO3/c1-19-13-4-2-5-14(11-13)21-17-8-7-12(10-15(17)18)16-6-3-9-20-16/h2-11H,1H3. The van der Waals surface area contributed by atoms with Gasteiger partial charge < -0.3 is 13.9 Å². The molecule has 0 radical (unpaired) electrons. The molecule has 1 aromatic heterocycles. The number of benzene rings is 2. The van der Waals surface area contributed by atoms with E-state index in [2.05, 4.69) is 0 Å². The molecule has 0 spiro atoms. The Hall–Kier alpha value is -2.75. The van der Waals surface area contributed by atoms with Gasteiger partial charge in [-0.25, -0.2) is 4.39 Å². The second kappa shape index (κ2) is 5.71. The summed E-state index contributed by atoms with van der Waals surface area (Å²) in [5.74, 6) is 1.48. The van der Waals surface area contributed by atoms with Crippen LogP contribution in [0.1, 0.15) is 0 Å². The molecule has 0 atom stereocenters. The van der Waals surface area contributed by atoms with Gasteiger partial charge in [-0.1, -0.05) is 6.07 Å². The van der Waals surface area contributed by atoms with Crippen molar-refractivity contribution in [3.05, 3.63) is 66.7 Å². The molecule has 0 fully saturated rings. The molecule has 1 heterocycles. The van der Waals surface area contributed by atoms with E-state index >= 15 is 0 Å². The van der Waals surface area contributed by atoms with Gasteiger partial charge in [-0.2, -0.15) is 0 Å². The highest BCUT2D eigenvalue weighted by Gasteiger charge is 2.09. The second-order valence-electron chi connectivity index (χ2n) is 4.40. The van der Waals surface area contributed by atoms with E-state index in [1.165, 1.54) is 6.07 Å². The van der Waals surface area contributed by atoms with Crippen molar-refractivity contribution in [2.24, 2.45) is 0 Å². The Morgan fingerprint density at radius 1 is 0.952 bits per heavy atom. The third-order valence-electron chi connectivity index (χ3n) is 3.01. The Bertz CT molecular complexity index is 736. The summed E-state index contributed by atoms with van der Waals surface area (Å²) in [6.45, 7) is 0. The molecule has 3 aromatic rings. The van der Waals surface area contributed by atoms with Crippen LogP contribution in [0.15, 0.2) is 65.3 Å². The fraction of sp³-hybridized carbons (Fsp3) is 0.0588. The number of ether oxygens (including phenoxy) is 2. The lowest BCUT2D eigenvalue weighted by Gasteiger charge is -2.09. The molecular formula is C17H13FO3. The van der Waals surface area contributed by atoms with E-state index in [4.69, 9.17) is 13.9 Å². The van der Waals surface area contributed by atoms with E-state index in [1.807, 2.05) is 0 Å². The van der Waals surface area contributed by atoms with Crippen LogP contribution in [0.4, 0.5) is 4.39 Å². The SMILES string of the molecule is COc1cccc(Oc2ccc(-c3ccco3)cc2F)c1. The molecule has 106 valence electrons. The Balaban J connectivity index is 1.86. The zero-order valence-electron chi connectivity index (χ0n) is 11.4. The predicted octanol–water partition coefficient (Wildman–Crippen LogP) is 4.89. The highest BCUT2D eigenvalue weighted by Crippen LogP contribution is 2.30. The topological polar surface area (TPSA) is 31.6 Å². The fourth-order valence-corrected chi connectivity index (χ4v) is 1.97. The first kappa shape index (κ1) is 13.2. The van der Waals surface area contributed by atoms with Gasteiger partial charge in [0.25, 0.3) is 0 Å². The van der Waals surface area contributed by atoms with Crippen molar-refractivity contribution in [3.63, 3.8) is 0 Å². The Kier molecular flexibility index (Phi) is 3.60. The minimum absolute atomic E-state index is 0.151. The van der Waals surface area contributed by atoms with E-state index in [0.29, 0.717) is 22.8 Å². The van der Waals surface area contributed by atoms with Crippen molar-refractivity contribution in [3.8, 4) is 28.6 Å². The summed E-state index contributed by atoms with van der Waals surface area (Å²) in [5, 5.41) is 0. The minimum atomic E-state index is -0.452. The van der Waals surface area contributed by atoms with Crippen LogP contribution in [0.2, 0.25) is 0 Å². The largest absolute Gasteiger partial charge is 0.497 e. The molecule has 0 aliphatic rings. The van der Waals surface area contributed by atoms with Crippen LogP contribution in [-0.2, 0) is 0 Å². The number of hydrogen-bond donors (Lipinski definition) is 0. The monoisotopic (exact) mass is 284 g/mol. The third-order valence-corrected chi connectivity index (χ3v) is 3.01. The number of hydrogen-bond acceptors (Lipinski definition) is 3. The van der Waals surface area contributed by atoms with Crippen LogP contribution in [0, 0.1) is 5.82 Å². The summed E-state index contributed by atoms with van der Waals surface area (Å²) in [6.07, 6.45) is 1.55. The predicted molar refractivity (Wildman–Crippen MR) is 77.2 cm³/mol. The molecule has 0 aliphatic carbocycles. The average molecular weight is 284 g/mol. The van der Waals surface area contributed by atoms with Gasteiger partial charge in [-0.3, -0.25) is 0 Å². The van der Waals surface area contributed by atoms with Gasteiger partial charge in [0.15, 0.2) is 11.6 Å². The lowest BCUT2D eigenvalue weighted by molar-refractivity contribution is 0.405. The van der Waals surface area contributed by atoms with E-state index in [9.17, 15) is 4.39 Å². The molecule has 4 heteroatoms. The summed E-state index contributed by atoms with van der Waals surface area (Å²) in [4.78, 5) is 0. The zero-order valence-corrected chi connectivity index (χ0v) is 11.4. The summed E-state index contributed by atoms with van der Waals surface area (Å²) < 4.78 is 30.0. The minimum Gasteiger partial charge on any atom is -0.497 e. The quantitative estimate of drug-likeness (QED) is 0.683. The van der Waals surface area contributed by atoms with Crippen LogP contribution in [0.5, 0.6) is 17.2 Å². The van der Waals surface area contributed by atoms with Crippen LogP contribution < -0.4 is 9.47 Å². The van der Waals surface area contributed by atoms with Crippen molar-refractivity contribution in [2.45, 2.75) is 0 Å². The van der Waals surface area contributed by atoms with E-state index in [1.54, 1.807) is 61.9 Å². The van der Waals surface area contributed by atoms with E-state index in [0.717, 1.165) is 0 Å². The molecule has 3 rings (SSSR count). The van der Waals surface area contributed by atoms with Crippen molar-refractivity contribution in [1.82, 2.24) is 0 Å². The summed E-state index contributed by atoms with van der Waals surface area (Å²) in [6, 6.07) is 15.2. The highest BCUT2D eigenvalue weighted by molar-refractivity contribution is 5.58. The average Bonchev–Trinajstić information content (AvgIpc) is 3.04. The maximum Gasteiger partial charge on any atom is 0.166 e. The number of methoxy groups -OCH3 is 1. The number of furan rings is 1. The summed E-state index contributed by atoms with van der Waals surface area (Å²) in [7, 11) is 1.57. The van der Waals surface area contributed by atoms with Crippen LogP contribution in [0.25, 0.3) is 11.3 Å². The maximum absolute atomic E-state index is 14.1. The number of halogens is 1. The van der Waals surface area contributed by atoms with Gasteiger partial charge in [0.1, 0.15) is 17.3 Å². The van der Waals surface area contributed by atoms with Crippen LogP contribution >= 0.6 is 0 Å². The molecule has 0 N–H and O–H groups in total. The van der Waals surface area contributed by atoms with Crippen molar-refractivity contribution in [2.75, 3.05) is 7.11 Å². The fourth-order valence-electron chi connectivity index (χ4n) is 1.97. The van der Waals surface area contributed by atoms with E-state index in [-0.39, 0.29) is 5.75 Å². The summed E-state index contributed by atoms with van der Waals surface area (Å²) >= 11 is 0. The highest BCUT2D eigenvalue weighted by atomic mass is 19.1. The molecule has 0 aliphatic heterocycles. The van der Waals surface area contributed by atoms with E-state index < -0.39 is 5.82 Å². The first-order valence-corrected chi connectivity index (χ1v) is 6.41. The van der Waals surface area contributed by atoms with Gasteiger partial charge in [-0.05, 0) is 42.5 Å². The van der Waals surface area contributed by atoms with Crippen molar-refractivity contribution in [1.29, 1.82) is 0 Å². The van der Waals surface area contributed by atoms with Crippen LogP contribution in [-0.4, -0.2) is 7.11 Å². The molecular weight excluding hydrogens is 271 g/mol. The Morgan fingerprint density at radius 2 is 1.81 bits per heavy atom. The number of rotatable bonds is 4. The Labute approximate surface area is 121 Å². The molecule has 0 bridgehead atoms. The lowest BCUT2D eigenvalue weighted by Crippen LogP contribution is -1.90. The molecule has 0 saturated carbocycles.